The third-order valence-electron chi connectivity index (χ3n) is 4.60. The first-order valence-electron chi connectivity index (χ1n) is 10.6. The average molecular weight is 452 g/mol. The molecular formula is C23H37N3O4S. The Bertz CT molecular complexity index is 769. The van der Waals surface area contributed by atoms with E-state index in [-0.39, 0.29) is 24.2 Å². The Morgan fingerprint density at radius 3 is 2.06 bits per heavy atom. The Morgan fingerprint density at radius 1 is 1.10 bits per heavy atom. The van der Waals surface area contributed by atoms with E-state index in [4.69, 9.17) is 4.74 Å². The summed E-state index contributed by atoms with van der Waals surface area (Å²) in [6.45, 7) is 14.9. The third-order valence-corrected chi connectivity index (χ3v) is 4.97. The first-order chi connectivity index (χ1) is 14.3. The highest BCUT2D eigenvalue weighted by atomic mass is 32.1. The second-order valence-corrected chi connectivity index (χ2v) is 9.24. The second kappa shape index (κ2) is 11.4. The fourth-order valence-electron chi connectivity index (χ4n) is 3.35. The molecule has 2 unspecified atom stereocenters. The molecule has 3 amide bonds. The molecule has 0 saturated carbocycles. The predicted octanol–water partition coefficient (Wildman–Crippen LogP) is 3.54. The van der Waals surface area contributed by atoms with Crippen LogP contribution in [0.2, 0.25) is 0 Å². The molecule has 0 aliphatic heterocycles. The van der Waals surface area contributed by atoms with Crippen molar-refractivity contribution in [3.8, 4) is 0 Å². The summed E-state index contributed by atoms with van der Waals surface area (Å²) in [5.74, 6) is -0.590. The maximum atomic E-state index is 13.5. The summed E-state index contributed by atoms with van der Waals surface area (Å²) in [6, 6.07) is 3.91. The zero-order valence-corrected chi connectivity index (χ0v) is 20.8. The summed E-state index contributed by atoms with van der Waals surface area (Å²) in [5, 5.41) is 5.52. The van der Waals surface area contributed by atoms with Gasteiger partial charge < -0.3 is 20.3 Å². The van der Waals surface area contributed by atoms with Crippen LogP contribution in [0, 0.1) is 13.8 Å². The summed E-state index contributed by atoms with van der Waals surface area (Å²) in [6.07, 6.45) is -0.703. The average Bonchev–Trinajstić information content (AvgIpc) is 2.62. The highest BCUT2D eigenvalue weighted by Crippen LogP contribution is 2.28. The van der Waals surface area contributed by atoms with Gasteiger partial charge in [-0.15, -0.1) is 0 Å². The van der Waals surface area contributed by atoms with Crippen LogP contribution in [0.4, 0.5) is 4.79 Å². The van der Waals surface area contributed by atoms with Gasteiger partial charge in [0.25, 0.3) is 0 Å². The molecule has 0 bridgehead atoms. The maximum absolute atomic E-state index is 13.5. The lowest BCUT2D eigenvalue weighted by molar-refractivity contribution is -0.142. The quantitative estimate of drug-likeness (QED) is 0.528. The molecule has 7 nitrogen and oxygen atoms in total. The van der Waals surface area contributed by atoms with E-state index < -0.39 is 29.7 Å². The SMILES string of the molecule is CCN(C(=O)C(CS)NC(=O)OC(C)(C)C)C(C(=O)NC(C)C)c1c(C)cccc1C. The Balaban J connectivity index is 3.35. The van der Waals surface area contributed by atoms with Gasteiger partial charge in [-0.25, -0.2) is 4.79 Å². The zero-order chi connectivity index (χ0) is 23.9. The molecule has 1 aromatic rings. The van der Waals surface area contributed by atoms with Gasteiger partial charge in [0.1, 0.15) is 17.7 Å². The number of hydrogen-bond donors (Lipinski definition) is 3. The molecule has 0 spiro atoms. The van der Waals surface area contributed by atoms with E-state index in [0.29, 0.717) is 0 Å². The maximum Gasteiger partial charge on any atom is 0.408 e. The molecule has 0 fully saturated rings. The summed E-state index contributed by atoms with van der Waals surface area (Å²) in [4.78, 5) is 40.5. The van der Waals surface area contributed by atoms with Crippen LogP contribution in [0.15, 0.2) is 18.2 Å². The van der Waals surface area contributed by atoms with Crippen molar-refractivity contribution in [2.75, 3.05) is 12.3 Å². The zero-order valence-electron chi connectivity index (χ0n) is 19.9. The second-order valence-electron chi connectivity index (χ2n) is 8.88. The standard InChI is InChI=1S/C23H37N3O4S/c1-9-26(21(28)17(13-31)25-22(29)30-23(6,7)8)19(20(27)24-14(2)3)18-15(4)11-10-12-16(18)5/h10-12,14,17,19,31H,9,13H2,1-8H3,(H,24,27)(H,25,29). The minimum Gasteiger partial charge on any atom is -0.444 e. The largest absolute Gasteiger partial charge is 0.444 e. The van der Waals surface area contributed by atoms with Crippen molar-refractivity contribution in [2.45, 2.75) is 79.1 Å². The number of likely N-dealkylation sites (N-methyl/N-ethyl adjacent to an activating group) is 1. The van der Waals surface area contributed by atoms with Crippen molar-refractivity contribution in [1.29, 1.82) is 0 Å². The minimum absolute atomic E-state index is 0.0693. The highest BCUT2D eigenvalue weighted by molar-refractivity contribution is 7.80. The Morgan fingerprint density at radius 2 is 1.65 bits per heavy atom. The number of amides is 3. The van der Waals surface area contributed by atoms with Crippen molar-refractivity contribution < 1.29 is 19.1 Å². The fraction of sp³-hybridized carbons (Fsp3) is 0.609. The number of rotatable bonds is 8. The molecule has 0 aliphatic carbocycles. The first-order valence-corrected chi connectivity index (χ1v) is 11.2. The van der Waals surface area contributed by atoms with Crippen molar-refractivity contribution in [3.63, 3.8) is 0 Å². The highest BCUT2D eigenvalue weighted by Gasteiger charge is 2.36. The Kier molecular flexibility index (Phi) is 9.87. The van der Waals surface area contributed by atoms with Crippen LogP contribution in [-0.4, -0.2) is 52.8 Å². The Labute approximate surface area is 191 Å². The number of carbonyl (C=O) groups is 3. The van der Waals surface area contributed by atoms with Crippen molar-refractivity contribution in [3.05, 3.63) is 34.9 Å². The van der Waals surface area contributed by atoms with E-state index in [1.54, 1.807) is 20.8 Å². The van der Waals surface area contributed by atoms with Crippen LogP contribution in [0.5, 0.6) is 0 Å². The van der Waals surface area contributed by atoms with Gasteiger partial charge in [0, 0.05) is 18.3 Å². The number of ether oxygens (including phenoxy) is 1. The lowest BCUT2D eigenvalue weighted by atomic mass is 9.93. The van der Waals surface area contributed by atoms with E-state index in [1.807, 2.05) is 52.8 Å². The number of hydrogen-bond acceptors (Lipinski definition) is 5. The molecule has 2 N–H and O–H groups in total. The van der Waals surface area contributed by atoms with Gasteiger partial charge in [-0.3, -0.25) is 9.59 Å². The first kappa shape index (κ1) is 26.8. The summed E-state index contributed by atoms with van der Waals surface area (Å²) < 4.78 is 5.28. The van der Waals surface area contributed by atoms with Crippen molar-refractivity contribution in [1.82, 2.24) is 15.5 Å². The molecule has 2 atom stereocenters. The molecule has 31 heavy (non-hydrogen) atoms. The molecule has 0 heterocycles. The topological polar surface area (TPSA) is 87.7 Å². The van der Waals surface area contributed by atoms with Crippen molar-refractivity contribution in [2.24, 2.45) is 0 Å². The van der Waals surface area contributed by atoms with Crippen LogP contribution < -0.4 is 10.6 Å². The van der Waals surface area contributed by atoms with E-state index in [1.165, 1.54) is 4.90 Å². The summed E-state index contributed by atoms with van der Waals surface area (Å²) >= 11 is 4.26. The lowest BCUT2D eigenvalue weighted by Gasteiger charge is -2.35. The summed E-state index contributed by atoms with van der Waals surface area (Å²) in [7, 11) is 0. The van der Waals surface area contributed by atoms with Gasteiger partial charge in [-0.2, -0.15) is 12.6 Å². The van der Waals surface area contributed by atoms with Gasteiger partial charge in [-0.05, 0) is 72.1 Å². The van der Waals surface area contributed by atoms with Gasteiger partial charge in [-0.1, -0.05) is 18.2 Å². The molecular weight excluding hydrogens is 414 g/mol. The van der Waals surface area contributed by atoms with Crippen LogP contribution in [0.25, 0.3) is 0 Å². The summed E-state index contributed by atoms with van der Waals surface area (Å²) in [5.41, 5.74) is 1.91. The normalized spacial score (nSPS) is 13.4. The van der Waals surface area contributed by atoms with Gasteiger partial charge in [0.2, 0.25) is 11.8 Å². The van der Waals surface area contributed by atoms with Crippen LogP contribution in [0.1, 0.15) is 64.3 Å². The molecule has 0 aromatic heterocycles. The third kappa shape index (κ3) is 7.76. The number of benzene rings is 1. The van der Waals surface area contributed by atoms with Crippen molar-refractivity contribution >= 4 is 30.5 Å². The molecule has 0 saturated heterocycles. The number of nitrogens with zero attached hydrogens (tertiary/aromatic N) is 1. The monoisotopic (exact) mass is 451 g/mol. The van der Waals surface area contributed by atoms with Gasteiger partial charge in [0.05, 0.1) is 0 Å². The number of aryl methyl sites for hydroxylation is 2. The molecule has 1 rings (SSSR count). The predicted molar refractivity (Wildman–Crippen MR) is 126 cm³/mol. The molecule has 0 aliphatic rings. The lowest BCUT2D eigenvalue weighted by Crippen LogP contribution is -2.54. The number of alkyl carbamates (subject to hydrolysis) is 1. The van der Waals surface area contributed by atoms with Crippen LogP contribution in [0.3, 0.4) is 0 Å². The molecule has 1 aromatic carbocycles. The Hall–Kier alpha value is -2.22. The minimum atomic E-state index is -0.934. The smallest absolute Gasteiger partial charge is 0.408 e. The fourth-order valence-corrected chi connectivity index (χ4v) is 3.60. The molecule has 0 radical (unpaired) electrons. The van der Waals surface area contributed by atoms with E-state index in [2.05, 4.69) is 23.3 Å². The van der Waals surface area contributed by atoms with Crippen LogP contribution >= 0.6 is 12.6 Å². The number of nitrogens with one attached hydrogen (secondary N) is 2. The number of carbonyl (C=O) groups excluding carboxylic acids is 3. The van der Waals surface area contributed by atoms with Gasteiger partial charge >= 0.3 is 6.09 Å². The van der Waals surface area contributed by atoms with Crippen LogP contribution in [-0.2, 0) is 14.3 Å². The van der Waals surface area contributed by atoms with Gasteiger partial charge in [0.15, 0.2) is 0 Å². The van der Waals surface area contributed by atoms with E-state index >= 15 is 0 Å². The van der Waals surface area contributed by atoms with E-state index in [9.17, 15) is 14.4 Å². The molecule has 174 valence electrons. The van der Waals surface area contributed by atoms with E-state index in [0.717, 1.165) is 16.7 Å². The number of thiol groups is 1. The molecule has 8 heteroatoms.